The molecule has 1 aliphatic heterocycles. The molecule has 1 saturated heterocycles. The molecule has 0 N–H and O–H groups in total. The van der Waals surface area contributed by atoms with Gasteiger partial charge in [-0.05, 0) is 36.8 Å². The highest BCUT2D eigenvalue weighted by Gasteiger charge is 2.16. The lowest BCUT2D eigenvalue weighted by atomic mass is 10.0. The number of hydrogen-bond donors (Lipinski definition) is 0. The molecule has 1 aromatic heterocycles. The van der Waals surface area contributed by atoms with Crippen molar-refractivity contribution in [1.82, 2.24) is 15.0 Å². The minimum absolute atomic E-state index is 0.0862. The molecule has 0 atom stereocenters. The van der Waals surface area contributed by atoms with Crippen LogP contribution in [0.25, 0.3) is 0 Å². The predicted molar refractivity (Wildman–Crippen MR) is 69.7 cm³/mol. The third kappa shape index (κ3) is 4.80. The second kappa shape index (κ2) is 7.45. The molecule has 1 aliphatic rings. The molecule has 0 amide bonds. The summed E-state index contributed by atoms with van der Waals surface area (Å²) in [6, 6.07) is 0.432. The van der Waals surface area contributed by atoms with E-state index in [1.165, 1.54) is 0 Å². The van der Waals surface area contributed by atoms with Crippen LogP contribution >= 0.6 is 11.6 Å². The minimum atomic E-state index is 0.0862. The number of rotatable bonds is 6. The first-order chi connectivity index (χ1) is 9.28. The van der Waals surface area contributed by atoms with Crippen molar-refractivity contribution >= 4 is 11.6 Å². The summed E-state index contributed by atoms with van der Waals surface area (Å²) in [5.41, 5.74) is 0. The first-order valence-electron chi connectivity index (χ1n) is 6.53. The second-order valence-electron chi connectivity index (χ2n) is 4.38. The highest BCUT2D eigenvalue weighted by atomic mass is 35.5. The average molecular weight is 288 g/mol. The number of nitrogens with zero attached hydrogens (tertiary/aromatic N) is 3. The lowest BCUT2D eigenvalue weighted by molar-refractivity contribution is 0.0480. The largest absolute Gasteiger partial charge is 0.463 e. The number of ether oxygens (including phenoxy) is 3. The lowest BCUT2D eigenvalue weighted by Crippen LogP contribution is -2.22. The van der Waals surface area contributed by atoms with Crippen molar-refractivity contribution < 1.29 is 14.2 Å². The molecule has 7 heteroatoms. The summed E-state index contributed by atoms with van der Waals surface area (Å²) in [6.45, 7) is 4.69. The van der Waals surface area contributed by atoms with Crippen molar-refractivity contribution in [2.24, 2.45) is 5.92 Å². The quantitative estimate of drug-likeness (QED) is 0.798. The fraction of sp³-hybridized carbons (Fsp3) is 0.750. The summed E-state index contributed by atoms with van der Waals surface area (Å²) in [5, 5.41) is 0.0862. The fourth-order valence-electron chi connectivity index (χ4n) is 1.74. The van der Waals surface area contributed by atoms with Crippen LogP contribution in [0.2, 0.25) is 5.28 Å². The monoisotopic (exact) mass is 287 g/mol. The summed E-state index contributed by atoms with van der Waals surface area (Å²) < 4.78 is 16.2. The highest BCUT2D eigenvalue weighted by molar-refractivity contribution is 6.28. The van der Waals surface area contributed by atoms with Gasteiger partial charge < -0.3 is 14.2 Å². The maximum absolute atomic E-state index is 5.81. The first kappa shape index (κ1) is 14.3. The van der Waals surface area contributed by atoms with E-state index in [-0.39, 0.29) is 17.3 Å². The topological polar surface area (TPSA) is 66.4 Å². The number of hydrogen-bond acceptors (Lipinski definition) is 6. The van der Waals surface area contributed by atoms with E-state index in [1.54, 1.807) is 0 Å². The van der Waals surface area contributed by atoms with Gasteiger partial charge in [-0.25, -0.2) is 0 Å². The van der Waals surface area contributed by atoms with Crippen LogP contribution in [0.1, 0.15) is 26.2 Å². The van der Waals surface area contributed by atoms with E-state index in [4.69, 9.17) is 25.8 Å². The van der Waals surface area contributed by atoms with Gasteiger partial charge in [-0.15, -0.1) is 4.98 Å². The van der Waals surface area contributed by atoms with E-state index in [2.05, 4.69) is 15.0 Å². The van der Waals surface area contributed by atoms with E-state index in [0.717, 1.165) is 32.5 Å². The van der Waals surface area contributed by atoms with Crippen molar-refractivity contribution in [3.05, 3.63) is 5.28 Å². The van der Waals surface area contributed by atoms with Crippen LogP contribution in [0.3, 0.4) is 0 Å². The van der Waals surface area contributed by atoms with Crippen molar-refractivity contribution in [3.63, 3.8) is 0 Å². The fourth-order valence-corrected chi connectivity index (χ4v) is 1.89. The van der Waals surface area contributed by atoms with Gasteiger partial charge in [-0.1, -0.05) is 6.92 Å². The molecule has 0 aliphatic carbocycles. The molecule has 1 fully saturated rings. The molecule has 2 heterocycles. The molecule has 0 saturated carbocycles. The van der Waals surface area contributed by atoms with Crippen LogP contribution in [0, 0.1) is 5.92 Å². The molecule has 0 aromatic carbocycles. The van der Waals surface area contributed by atoms with Crippen LogP contribution in [0.4, 0.5) is 0 Å². The van der Waals surface area contributed by atoms with Crippen molar-refractivity contribution in [3.8, 4) is 12.0 Å². The molecule has 2 rings (SSSR count). The molecular weight excluding hydrogens is 270 g/mol. The zero-order chi connectivity index (χ0) is 13.5. The lowest BCUT2D eigenvalue weighted by Gasteiger charge is -2.21. The summed E-state index contributed by atoms with van der Waals surface area (Å²) in [6.07, 6.45) is 2.87. The maximum Gasteiger partial charge on any atom is 0.323 e. The Bertz CT molecular complexity index is 400. The molecule has 0 spiro atoms. The van der Waals surface area contributed by atoms with E-state index in [9.17, 15) is 0 Å². The Morgan fingerprint density at radius 1 is 1.16 bits per heavy atom. The van der Waals surface area contributed by atoms with Crippen LogP contribution in [-0.4, -0.2) is 41.4 Å². The van der Waals surface area contributed by atoms with Crippen molar-refractivity contribution in [1.29, 1.82) is 0 Å². The molecule has 6 nitrogen and oxygen atoms in total. The highest BCUT2D eigenvalue weighted by Crippen LogP contribution is 2.18. The molecule has 1 aromatic rings. The molecule has 106 valence electrons. The van der Waals surface area contributed by atoms with Gasteiger partial charge in [0.05, 0.1) is 13.2 Å². The Morgan fingerprint density at radius 2 is 1.84 bits per heavy atom. The van der Waals surface area contributed by atoms with Gasteiger partial charge in [0.15, 0.2) is 0 Å². The maximum atomic E-state index is 5.81. The Kier molecular flexibility index (Phi) is 5.60. The third-order valence-corrected chi connectivity index (χ3v) is 2.96. The Balaban J connectivity index is 1.89. The average Bonchev–Trinajstić information content (AvgIpc) is 2.43. The number of aromatic nitrogens is 3. The molecule has 0 unspecified atom stereocenters. The zero-order valence-corrected chi connectivity index (χ0v) is 11.7. The Labute approximate surface area is 117 Å². The van der Waals surface area contributed by atoms with E-state index >= 15 is 0 Å². The summed E-state index contributed by atoms with van der Waals surface area (Å²) >= 11 is 5.81. The van der Waals surface area contributed by atoms with Gasteiger partial charge in [0.2, 0.25) is 5.28 Å². The summed E-state index contributed by atoms with van der Waals surface area (Å²) in [4.78, 5) is 11.9. The van der Waals surface area contributed by atoms with E-state index in [1.807, 2.05) is 6.92 Å². The zero-order valence-electron chi connectivity index (χ0n) is 11.0. The van der Waals surface area contributed by atoms with Gasteiger partial charge in [-0.2, -0.15) is 9.97 Å². The van der Waals surface area contributed by atoms with Crippen molar-refractivity contribution in [2.75, 3.05) is 26.4 Å². The van der Waals surface area contributed by atoms with Gasteiger partial charge in [0.25, 0.3) is 0 Å². The standard InChI is InChI=1S/C12H18ClN3O3/c1-2-5-18-11-14-10(13)15-12(16-11)19-8-9-3-6-17-7-4-9/h9H,2-8H2,1H3. The van der Waals surface area contributed by atoms with Crippen LogP contribution in [0.15, 0.2) is 0 Å². The van der Waals surface area contributed by atoms with Gasteiger partial charge in [-0.3, -0.25) is 0 Å². The van der Waals surface area contributed by atoms with E-state index < -0.39 is 0 Å². The van der Waals surface area contributed by atoms with Crippen LogP contribution in [0.5, 0.6) is 12.0 Å². The Hall–Kier alpha value is -1.14. The van der Waals surface area contributed by atoms with Crippen LogP contribution in [-0.2, 0) is 4.74 Å². The van der Waals surface area contributed by atoms with E-state index in [0.29, 0.717) is 19.1 Å². The van der Waals surface area contributed by atoms with Gasteiger partial charge in [0, 0.05) is 13.2 Å². The van der Waals surface area contributed by atoms with Crippen molar-refractivity contribution in [2.45, 2.75) is 26.2 Å². The number of halogens is 1. The third-order valence-electron chi connectivity index (χ3n) is 2.79. The summed E-state index contributed by atoms with van der Waals surface area (Å²) in [7, 11) is 0. The van der Waals surface area contributed by atoms with Gasteiger partial charge in [0.1, 0.15) is 0 Å². The molecule has 19 heavy (non-hydrogen) atoms. The Morgan fingerprint density at radius 3 is 2.53 bits per heavy atom. The first-order valence-corrected chi connectivity index (χ1v) is 6.90. The van der Waals surface area contributed by atoms with Gasteiger partial charge >= 0.3 is 12.0 Å². The molecular formula is C12H18ClN3O3. The summed E-state index contributed by atoms with van der Waals surface area (Å²) in [5.74, 6) is 0.476. The minimum Gasteiger partial charge on any atom is -0.463 e. The molecule has 0 radical (unpaired) electrons. The smallest absolute Gasteiger partial charge is 0.323 e. The second-order valence-corrected chi connectivity index (χ2v) is 4.72. The molecule has 0 bridgehead atoms. The normalized spacial score (nSPS) is 16.3. The predicted octanol–water partition coefficient (Wildman–Crippen LogP) is 2.12. The SMILES string of the molecule is CCCOc1nc(Cl)nc(OCC2CCOCC2)n1. The van der Waals surface area contributed by atoms with Crippen LogP contribution < -0.4 is 9.47 Å².